The van der Waals surface area contributed by atoms with Gasteiger partial charge in [0.1, 0.15) is 0 Å². The molecule has 0 radical (unpaired) electrons. The van der Waals surface area contributed by atoms with E-state index in [0.29, 0.717) is 24.4 Å². The van der Waals surface area contributed by atoms with Crippen molar-refractivity contribution in [3.63, 3.8) is 0 Å². The third-order valence-electron chi connectivity index (χ3n) is 4.38. The number of nitrogens with zero attached hydrogens (tertiary/aromatic N) is 3. The molecule has 2 aromatic carbocycles. The molecule has 26 heavy (non-hydrogen) atoms. The van der Waals surface area contributed by atoms with E-state index in [2.05, 4.69) is 5.16 Å². The second-order valence-corrected chi connectivity index (χ2v) is 5.95. The summed E-state index contributed by atoms with van der Waals surface area (Å²) in [5.74, 6) is 0.533. The minimum absolute atomic E-state index is 0.0131. The van der Waals surface area contributed by atoms with Crippen LogP contribution in [0.2, 0.25) is 0 Å². The molecule has 0 unspecified atom stereocenters. The van der Waals surface area contributed by atoms with E-state index in [1.54, 1.807) is 17.2 Å². The molecule has 8 nitrogen and oxygen atoms in total. The molecule has 134 valence electrons. The van der Waals surface area contributed by atoms with Crippen molar-refractivity contribution >= 4 is 11.5 Å². The monoisotopic (exact) mass is 355 g/mol. The van der Waals surface area contributed by atoms with Crippen LogP contribution in [0.25, 0.3) is 0 Å². The summed E-state index contributed by atoms with van der Waals surface area (Å²) in [5, 5.41) is 16.8. The minimum atomic E-state index is -1.01. The van der Waals surface area contributed by atoms with E-state index in [4.69, 9.17) is 14.4 Å². The van der Waals surface area contributed by atoms with Gasteiger partial charge in [-0.05, 0) is 19.1 Å². The highest BCUT2D eigenvalue weighted by atomic mass is 16.9. The number of nitro groups is 1. The number of fused-ring (bicyclic) bond motifs is 1. The Bertz CT molecular complexity index is 840. The van der Waals surface area contributed by atoms with Crippen molar-refractivity contribution in [3.05, 3.63) is 75.8 Å². The maximum absolute atomic E-state index is 10.9. The zero-order valence-electron chi connectivity index (χ0n) is 14.1. The number of hydrogen-bond acceptors (Lipinski definition) is 7. The van der Waals surface area contributed by atoms with Crippen LogP contribution in [0.5, 0.6) is 0 Å². The molecule has 0 spiro atoms. The fourth-order valence-electron chi connectivity index (χ4n) is 3.16. The van der Waals surface area contributed by atoms with Crippen LogP contribution in [-0.2, 0) is 20.1 Å². The van der Waals surface area contributed by atoms with Crippen molar-refractivity contribution in [2.75, 3.05) is 6.61 Å². The van der Waals surface area contributed by atoms with Crippen LogP contribution in [0.4, 0.5) is 5.69 Å². The Morgan fingerprint density at radius 1 is 1.27 bits per heavy atom. The van der Waals surface area contributed by atoms with Crippen molar-refractivity contribution in [3.8, 4) is 0 Å². The number of benzene rings is 2. The quantitative estimate of drug-likeness (QED) is 0.605. The lowest BCUT2D eigenvalue weighted by atomic mass is 9.98. The summed E-state index contributed by atoms with van der Waals surface area (Å²) in [6.07, 6.45) is -0.109. The second kappa shape index (κ2) is 6.40. The molecule has 2 heterocycles. The number of amidine groups is 1. The van der Waals surface area contributed by atoms with Crippen LogP contribution in [0.15, 0.2) is 59.8 Å². The van der Waals surface area contributed by atoms with Crippen LogP contribution < -0.4 is 0 Å². The highest BCUT2D eigenvalue weighted by Gasteiger charge is 2.57. The molecule has 0 bridgehead atoms. The molecule has 1 fully saturated rings. The summed E-state index contributed by atoms with van der Waals surface area (Å²) in [6.45, 7) is 2.38. The Labute approximate surface area is 149 Å². The molecular weight excluding hydrogens is 338 g/mol. The average Bonchev–Trinajstić information content (AvgIpc) is 3.19. The molecule has 0 aromatic heterocycles. The Morgan fingerprint density at radius 2 is 2.00 bits per heavy atom. The first-order valence-corrected chi connectivity index (χ1v) is 8.29. The molecule has 2 aliphatic rings. The largest absolute Gasteiger partial charge is 0.357 e. The molecule has 4 rings (SSSR count). The van der Waals surface area contributed by atoms with Gasteiger partial charge in [-0.1, -0.05) is 35.5 Å². The predicted molar refractivity (Wildman–Crippen MR) is 91.8 cm³/mol. The Kier molecular flexibility index (Phi) is 4.06. The van der Waals surface area contributed by atoms with Gasteiger partial charge in [-0.3, -0.25) is 10.1 Å². The standard InChI is InChI=1S/C18H17N3O5/c1-2-24-16-12-18(14-8-10-15(11-9-14)21(22)23)20(25-16)17(19-26-18)13-6-4-3-5-7-13/h3-11,16H,2,12H2,1H3/t16-,18+/m0/s1. The third kappa shape index (κ3) is 2.59. The summed E-state index contributed by atoms with van der Waals surface area (Å²) < 4.78 is 5.62. The molecule has 8 heteroatoms. The van der Waals surface area contributed by atoms with Crippen molar-refractivity contribution in [2.45, 2.75) is 25.4 Å². The number of ether oxygens (including phenoxy) is 1. The van der Waals surface area contributed by atoms with Crippen LogP contribution in [0.3, 0.4) is 0 Å². The Balaban J connectivity index is 1.72. The molecule has 0 N–H and O–H groups in total. The highest BCUT2D eigenvalue weighted by Crippen LogP contribution is 2.46. The van der Waals surface area contributed by atoms with E-state index in [1.165, 1.54) is 12.1 Å². The summed E-state index contributed by atoms with van der Waals surface area (Å²) in [7, 11) is 0. The molecule has 0 amide bonds. The summed E-state index contributed by atoms with van der Waals surface area (Å²) in [5.41, 5.74) is 0.549. The highest BCUT2D eigenvalue weighted by molar-refractivity contribution is 5.99. The molecule has 2 aromatic rings. The number of oxime groups is 1. The van der Waals surface area contributed by atoms with Gasteiger partial charge in [-0.25, -0.2) is 4.84 Å². The summed E-state index contributed by atoms with van der Waals surface area (Å²) >= 11 is 0. The number of nitro benzene ring substituents is 1. The topological polar surface area (TPSA) is 86.4 Å². The fraction of sp³-hybridized carbons (Fsp3) is 0.278. The lowest BCUT2D eigenvalue weighted by Gasteiger charge is -2.28. The van der Waals surface area contributed by atoms with Gasteiger partial charge in [0, 0.05) is 29.9 Å². The maximum atomic E-state index is 10.9. The number of rotatable bonds is 5. The van der Waals surface area contributed by atoms with Crippen molar-refractivity contribution in [2.24, 2.45) is 5.16 Å². The SMILES string of the molecule is CCO[C@@H]1C[C@]2(c3ccc([N+](=O)[O-])cc3)ON=C(c3ccccc3)N2O1. The van der Waals surface area contributed by atoms with Crippen molar-refractivity contribution < 1.29 is 19.3 Å². The van der Waals surface area contributed by atoms with Gasteiger partial charge < -0.3 is 9.57 Å². The smallest absolute Gasteiger partial charge is 0.269 e. The molecule has 2 aliphatic heterocycles. The van der Waals surface area contributed by atoms with Gasteiger partial charge in [-0.15, -0.1) is 0 Å². The minimum Gasteiger partial charge on any atom is -0.357 e. The third-order valence-corrected chi connectivity index (χ3v) is 4.38. The molecule has 2 atom stereocenters. The number of hydrogen-bond donors (Lipinski definition) is 0. The van der Waals surface area contributed by atoms with E-state index in [1.807, 2.05) is 37.3 Å². The van der Waals surface area contributed by atoms with Gasteiger partial charge in [0.25, 0.3) is 11.4 Å². The van der Waals surface area contributed by atoms with E-state index < -0.39 is 16.9 Å². The van der Waals surface area contributed by atoms with Crippen molar-refractivity contribution in [1.82, 2.24) is 5.06 Å². The zero-order chi connectivity index (χ0) is 18.1. The summed E-state index contributed by atoms with van der Waals surface area (Å²) in [6, 6.07) is 15.7. The van der Waals surface area contributed by atoms with Crippen LogP contribution >= 0.6 is 0 Å². The van der Waals surface area contributed by atoms with Crippen LogP contribution in [0, 0.1) is 10.1 Å². The Hall–Kier alpha value is -2.97. The summed E-state index contributed by atoms with van der Waals surface area (Å²) in [4.78, 5) is 22.3. The van der Waals surface area contributed by atoms with E-state index in [0.717, 1.165) is 5.56 Å². The van der Waals surface area contributed by atoms with Crippen LogP contribution in [0.1, 0.15) is 24.5 Å². The molecule has 0 aliphatic carbocycles. The first-order valence-electron chi connectivity index (χ1n) is 8.29. The lowest BCUT2D eigenvalue weighted by Crippen LogP contribution is -2.40. The first kappa shape index (κ1) is 16.5. The molecular formula is C18H17N3O5. The van der Waals surface area contributed by atoms with Gasteiger partial charge >= 0.3 is 0 Å². The Morgan fingerprint density at radius 3 is 2.65 bits per heavy atom. The first-order chi connectivity index (χ1) is 12.6. The number of hydroxylamine groups is 2. The van der Waals surface area contributed by atoms with Crippen LogP contribution in [-0.4, -0.2) is 28.7 Å². The predicted octanol–water partition coefficient (Wildman–Crippen LogP) is 3.14. The van der Waals surface area contributed by atoms with Gasteiger partial charge in [0.2, 0.25) is 5.84 Å². The van der Waals surface area contributed by atoms with E-state index in [-0.39, 0.29) is 5.69 Å². The van der Waals surface area contributed by atoms with Gasteiger partial charge in [0.15, 0.2) is 6.29 Å². The van der Waals surface area contributed by atoms with E-state index in [9.17, 15) is 10.1 Å². The fourth-order valence-corrected chi connectivity index (χ4v) is 3.16. The number of non-ortho nitro benzene ring substituents is 1. The maximum Gasteiger partial charge on any atom is 0.269 e. The normalized spacial score (nSPS) is 24.1. The van der Waals surface area contributed by atoms with Crippen molar-refractivity contribution in [1.29, 1.82) is 0 Å². The zero-order valence-corrected chi connectivity index (χ0v) is 14.1. The second-order valence-electron chi connectivity index (χ2n) is 5.95. The van der Waals surface area contributed by atoms with Gasteiger partial charge in [0.05, 0.1) is 11.3 Å². The van der Waals surface area contributed by atoms with E-state index >= 15 is 0 Å². The molecule has 0 saturated carbocycles. The average molecular weight is 355 g/mol. The van der Waals surface area contributed by atoms with Gasteiger partial charge in [-0.2, -0.15) is 5.06 Å². The molecule has 1 saturated heterocycles. The lowest BCUT2D eigenvalue weighted by molar-refractivity contribution is -0.384.